The molecule has 1 aliphatic carbocycles. The molecule has 0 atom stereocenters. The quantitative estimate of drug-likeness (QED) is 0.179. The van der Waals surface area contributed by atoms with Crippen LogP contribution in [-0.4, -0.2) is 0 Å². The second-order valence-corrected chi connectivity index (χ2v) is 11.4. The Balaban J connectivity index is 0.000000145. The minimum atomic E-state index is -0.446. The number of hydrogen-bond donors (Lipinski definition) is 0. The predicted octanol–water partition coefficient (Wildman–Crippen LogP) is 7.33. The largest absolute Gasteiger partial charge is 0.0622 e. The second-order valence-electron chi connectivity index (χ2n) is 8.03. The normalized spacial score (nSPS) is 12.1. The van der Waals surface area contributed by atoms with Crippen LogP contribution in [0.4, 0.5) is 0 Å². The monoisotopic (exact) mass is 500 g/mol. The molecular weight excluding hydrogens is 474 g/mol. The van der Waals surface area contributed by atoms with Gasteiger partial charge in [0, 0.05) is 0 Å². The van der Waals surface area contributed by atoms with Crippen molar-refractivity contribution in [1.29, 1.82) is 0 Å². The molecular formula is C32H27NiP. The Morgan fingerprint density at radius 1 is 0.441 bits per heavy atom. The van der Waals surface area contributed by atoms with Gasteiger partial charge in [0.15, 0.2) is 0 Å². The van der Waals surface area contributed by atoms with Gasteiger partial charge in [-0.05, 0) is 23.8 Å². The van der Waals surface area contributed by atoms with Crippen molar-refractivity contribution in [3.63, 3.8) is 0 Å². The van der Waals surface area contributed by atoms with Gasteiger partial charge in [-0.15, -0.1) is 0 Å². The van der Waals surface area contributed by atoms with Crippen LogP contribution in [0.25, 0.3) is 11.1 Å². The van der Waals surface area contributed by atoms with Crippen LogP contribution in [0.1, 0.15) is 16.0 Å². The van der Waals surface area contributed by atoms with E-state index in [9.17, 15) is 0 Å². The van der Waals surface area contributed by atoms with E-state index in [0.717, 1.165) is 0 Å². The van der Waals surface area contributed by atoms with Crippen molar-refractivity contribution < 1.29 is 14.4 Å². The van der Waals surface area contributed by atoms with Crippen LogP contribution in [0.2, 0.25) is 5.89 Å². The summed E-state index contributed by atoms with van der Waals surface area (Å²) in [6, 6.07) is 49.8. The Hall–Kier alpha value is -2.98. The molecule has 0 aromatic heterocycles. The molecule has 0 heterocycles. The number of hydrogen-bond acceptors (Lipinski definition) is 0. The molecule has 0 amide bonds. The number of rotatable bonds is 4. The van der Waals surface area contributed by atoms with Gasteiger partial charge in [-0.25, -0.2) is 0 Å². The zero-order valence-corrected chi connectivity index (χ0v) is 21.0. The first-order valence-electron chi connectivity index (χ1n) is 11.4. The van der Waals surface area contributed by atoms with Crippen molar-refractivity contribution in [2.75, 3.05) is 0 Å². The molecule has 0 saturated heterocycles. The predicted molar refractivity (Wildman–Crippen MR) is 145 cm³/mol. The van der Waals surface area contributed by atoms with Crippen LogP contribution >= 0.6 is 7.92 Å². The maximum Gasteiger partial charge on any atom is -0.0134 e. The van der Waals surface area contributed by atoms with Crippen molar-refractivity contribution in [3.05, 3.63) is 151 Å². The molecule has 0 unspecified atom stereocenters. The molecule has 0 nitrogen and oxygen atoms in total. The van der Waals surface area contributed by atoms with Gasteiger partial charge in [-0.1, -0.05) is 91.0 Å². The summed E-state index contributed by atoms with van der Waals surface area (Å²) in [5.74, 6) is 2.20. The summed E-state index contributed by atoms with van der Waals surface area (Å²) >= 11 is 1.74. The summed E-state index contributed by atoms with van der Waals surface area (Å²) in [5, 5.41) is 4.19. The van der Waals surface area contributed by atoms with Crippen LogP contribution in [0.5, 0.6) is 0 Å². The Kier molecular flexibility index (Phi) is 7.35. The van der Waals surface area contributed by atoms with Gasteiger partial charge in [-0.2, -0.15) is 0 Å². The van der Waals surface area contributed by atoms with Gasteiger partial charge in [0.2, 0.25) is 0 Å². The molecule has 0 fully saturated rings. The van der Waals surface area contributed by atoms with E-state index in [4.69, 9.17) is 0 Å². The Morgan fingerprint density at radius 3 is 1.12 bits per heavy atom. The van der Waals surface area contributed by atoms with Crippen molar-refractivity contribution in [3.8, 4) is 11.1 Å². The van der Waals surface area contributed by atoms with Crippen LogP contribution in [0.15, 0.2) is 140 Å². The molecule has 6 rings (SSSR count). The average Bonchev–Trinajstić information content (AvgIpc) is 3.25. The standard InChI is InChI=1S/C18H15P.C13H9.CH3.Ni/c1-4-10-16(11-5-1)19(17-12-6-2-7-13-17)18-14-8-3-9-15-18;1-3-7-12-10(5-1)9-11-6-2-4-8-13(11)12;;/h1-15H;1-9H;1H3;. The van der Waals surface area contributed by atoms with Gasteiger partial charge in [0.05, 0.1) is 0 Å². The molecule has 5 aromatic carbocycles. The summed E-state index contributed by atoms with van der Waals surface area (Å²) in [4.78, 5) is 0.546. The molecule has 5 aromatic rings. The van der Waals surface area contributed by atoms with E-state index in [-0.39, 0.29) is 0 Å². The van der Waals surface area contributed by atoms with E-state index in [1.54, 1.807) is 14.4 Å². The summed E-state index contributed by atoms with van der Waals surface area (Å²) in [7, 11) is -0.446. The average molecular weight is 501 g/mol. The molecule has 0 spiro atoms. The maximum atomic E-state index is 2.25. The Morgan fingerprint density at radius 2 is 0.765 bits per heavy atom. The molecule has 170 valence electrons. The number of benzene rings is 5. The van der Waals surface area contributed by atoms with E-state index in [0.29, 0.717) is 4.89 Å². The van der Waals surface area contributed by atoms with E-state index in [1.165, 1.54) is 38.2 Å². The molecule has 34 heavy (non-hydrogen) atoms. The third-order valence-electron chi connectivity index (χ3n) is 5.95. The summed E-state index contributed by atoms with van der Waals surface area (Å²) < 4.78 is 0. The van der Waals surface area contributed by atoms with Crippen molar-refractivity contribution in [1.82, 2.24) is 0 Å². The molecule has 0 radical (unpaired) electrons. The van der Waals surface area contributed by atoms with E-state index in [2.05, 4.69) is 145 Å². The first-order chi connectivity index (χ1) is 16.9. The van der Waals surface area contributed by atoms with Crippen LogP contribution in [0, 0.1) is 0 Å². The zero-order chi connectivity index (χ0) is 23.2. The summed E-state index contributed by atoms with van der Waals surface area (Å²) in [6.07, 6.45) is 0. The van der Waals surface area contributed by atoms with Gasteiger partial charge in [-0.3, -0.25) is 0 Å². The van der Waals surface area contributed by atoms with Crippen molar-refractivity contribution in [2.45, 2.75) is 10.8 Å². The topological polar surface area (TPSA) is 0 Å². The Labute approximate surface area is 210 Å². The van der Waals surface area contributed by atoms with Gasteiger partial charge >= 0.3 is 96.0 Å². The minimum absolute atomic E-state index is 0.446. The first kappa shape index (κ1) is 22.8. The summed E-state index contributed by atoms with van der Waals surface area (Å²) in [5.41, 5.74) is 5.78. The van der Waals surface area contributed by atoms with Crippen LogP contribution in [0.3, 0.4) is 0 Å². The van der Waals surface area contributed by atoms with E-state index in [1.807, 2.05) is 0 Å². The molecule has 0 N–H and O–H groups in total. The van der Waals surface area contributed by atoms with E-state index >= 15 is 0 Å². The molecule has 1 aliphatic rings. The van der Waals surface area contributed by atoms with Gasteiger partial charge < -0.3 is 0 Å². The third-order valence-corrected chi connectivity index (χ3v) is 9.57. The van der Waals surface area contributed by atoms with Crippen molar-refractivity contribution >= 4 is 23.8 Å². The molecule has 0 aliphatic heterocycles. The van der Waals surface area contributed by atoms with Gasteiger partial charge in [0.1, 0.15) is 0 Å². The number of fused-ring (bicyclic) bond motifs is 3. The molecule has 0 bridgehead atoms. The second kappa shape index (κ2) is 11.0. The molecule has 2 heteroatoms. The zero-order valence-electron chi connectivity index (χ0n) is 19.1. The fourth-order valence-corrected chi connectivity index (χ4v) is 7.85. The molecule has 0 saturated carbocycles. The van der Waals surface area contributed by atoms with Crippen molar-refractivity contribution in [2.24, 2.45) is 0 Å². The fourth-order valence-electron chi connectivity index (χ4n) is 4.44. The first-order valence-corrected chi connectivity index (χ1v) is 14.3. The maximum absolute atomic E-state index is 2.25. The van der Waals surface area contributed by atoms with Crippen LogP contribution < -0.4 is 15.9 Å². The summed E-state index contributed by atoms with van der Waals surface area (Å²) in [6.45, 7) is 0. The Bertz CT molecular complexity index is 1190. The minimum Gasteiger partial charge on any atom is -0.0622 e. The smallest absolute Gasteiger partial charge is 0.0134 e. The van der Waals surface area contributed by atoms with Crippen LogP contribution in [-0.2, 0) is 14.4 Å². The van der Waals surface area contributed by atoms with Gasteiger partial charge in [0.25, 0.3) is 0 Å². The SMILES string of the molecule is [CH3][Ni][CH]1c2ccccc2-c2ccccc21.c1ccc(P(c2ccccc2)c2ccccc2)cc1. The fraction of sp³-hybridized carbons (Fsp3) is 0.0625. The van der Waals surface area contributed by atoms with E-state index < -0.39 is 7.92 Å². The third kappa shape index (κ3) is 4.78.